The van der Waals surface area contributed by atoms with E-state index < -0.39 is 48.9 Å². The molecule has 3 aliphatic rings. The molecule has 1 spiro atoms. The van der Waals surface area contributed by atoms with Gasteiger partial charge in [-0.15, -0.1) is 5.10 Å². The van der Waals surface area contributed by atoms with Gasteiger partial charge in [-0.25, -0.2) is 4.79 Å². The molecule has 4 heterocycles. The highest BCUT2D eigenvalue weighted by Gasteiger charge is 2.53. The van der Waals surface area contributed by atoms with E-state index >= 15 is 0 Å². The third-order valence-corrected chi connectivity index (χ3v) is 9.05. The van der Waals surface area contributed by atoms with Crippen molar-refractivity contribution in [1.82, 2.24) is 15.0 Å². The molecule has 14 heteroatoms. The number of rotatable bonds is 12. The number of aliphatic hydroxyl groups is 4. The number of aromatic hydroxyl groups is 1. The van der Waals surface area contributed by atoms with Crippen LogP contribution in [0.4, 0.5) is 0 Å². The fraction of sp³-hybridized carbons (Fsp3) is 0.400. The number of hydrogen-bond acceptors (Lipinski definition) is 13. The average Bonchev–Trinajstić information content (AvgIpc) is 3.68. The van der Waals surface area contributed by atoms with E-state index in [1.165, 1.54) is 6.07 Å². The summed E-state index contributed by atoms with van der Waals surface area (Å²) in [6.45, 7) is 0.605. The van der Waals surface area contributed by atoms with Gasteiger partial charge in [0, 0.05) is 42.0 Å². The molecule has 1 unspecified atom stereocenters. The number of esters is 1. The van der Waals surface area contributed by atoms with Gasteiger partial charge in [0.05, 0.1) is 18.4 Å². The third kappa shape index (κ3) is 6.23. The molecule has 0 amide bonds. The molecule has 0 aliphatic carbocycles. The molecule has 14 nitrogen and oxygen atoms in total. The van der Waals surface area contributed by atoms with Crippen molar-refractivity contribution in [3.63, 3.8) is 0 Å². The van der Waals surface area contributed by atoms with Gasteiger partial charge < -0.3 is 49.2 Å². The van der Waals surface area contributed by atoms with Crippen LogP contribution in [-0.2, 0) is 33.0 Å². The van der Waals surface area contributed by atoms with E-state index in [9.17, 15) is 30.3 Å². The smallest absolute Gasteiger partial charge is 0.340 e. The topological polar surface area (TPSA) is 195 Å². The van der Waals surface area contributed by atoms with Crippen molar-refractivity contribution >= 4 is 5.97 Å². The Labute approximate surface area is 281 Å². The van der Waals surface area contributed by atoms with Gasteiger partial charge in [0.15, 0.2) is 11.9 Å². The van der Waals surface area contributed by atoms with Gasteiger partial charge in [0.25, 0.3) is 0 Å². The van der Waals surface area contributed by atoms with Gasteiger partial charge in [-0.1, -0.05) is 36.3 Å². The van der Waals surface area contributed by atoms with Crippen molar-refractivity contribution in [3.8, 4) is 23.0 Å². The van der Waals surface area contributed by atoms with Gasteiger partial charge in [0.1, 0.15) is 59.7 Å². The molecule has 3 aromatic carbocycles. The normalized spacial score (nSPS) is 25.3. The number of hydrogen-bond donors (Lipinski definition) is 5. The fourth-order valence-electron chi connectivity index (χ4n) is 6.54. The Morgan fingerprint density at radius 2 is 1.65 bits per heavy atom. The number of fused-ring (bicyclic) bond motifs is 6. The summed E-state index contributed by atoms with van der Waals surface area (Å²) < 4.78 is 31.0. The molecular weight excluding hydrogens is 638 g/mol. The third-order valence-electron chi connectivity index (χ3n) is 9.05. The van der Waals surface area contributed by atoms with E-state index in [2.05, 4.69) is 10.3 Å². The number of carbonyl (C=O) groups is 1. The lowest BCUT2D eigenvalue weighted by atomic mass is 9.77. The second-order valence-corrected chi connectivity index (χ2v) is 12.3. The number of benzene rings is 3. The lowest BCUT2D eigenvalue weighted by molar-refractivity contribution is -0.301. The number of unbranched alkanes of at least 4 members (excludes halogenated alkanes) is 3. The maximum Gasteiger partial charge on any atom is 0.340 e. The summed E-state index contributed by atoms with van der Waals surface area (Å²) in [6.07, 6.45) is -1.29. The molecule has 5 N–H and O–H groups in total. The summed E-state index contributed by atoms with van der Waals surface area (Å²) in [5.74, 6) is 0.898. The quantitative estimate of drug-likeness (QED) is 0.109. The predicted octanol–water partition coefficient (Wildman–Crippen LogP) is 2.51. The van der Waals surface area contributed by atoms with Crippen LogP contribution in [0.1, 0.15) is 58.4 Å². The number of ether oxygens (including phenoxy) is 5. The zero-order chi connectivity index (χ0) is 34.1. The van der Waals surface area contributed by atoms with Crippen molar-refractivity contribution in [2.75, 3.05) is 13.2 Å². The molecule has 7 rings (SSSR count). The van der Waals surface area contributed by atoms with Crippen LogP contribution in [0.5, 0.6) is 23.0 Å². The Kier molecular flexibility index (Phi) is 9.24. The highest BCUT2D eigenvalue weighted by atomic mass is 16.7. The summed E-state index contributed by atoms with van der Waals surface area (Å²) in [5, 5.41) is 57.7. The Morgan fingerprint density at radius 1 is 0.878 bits per heavy atom. The van der Waals surface area contributed by atoms with Crippen molar-refractivity contribution in [2.24, 2.45) is 0 Å². The highest BCUT2D eigenvalue weighted by molar-refractivity contribution is 5.97. The molecule has 6 atom stereocenters. The molecule has 1 fully saturated rings. The lowest BCUT2D eigenvalue weighted by Crippen LogP contribution is -2.59. The number of phenols is 1. The largest absolute Gasteiger partial charge is 0.508 e. The van der Waals surface area contributed by atoms with Crippen LogP contribution in [0.2, 0.25) is 0 Å². The van der Waals surface area contributed by atoms with Crippen molar-refractivity contribution in [2.45, 2.75) is 75.1 Å². The van der Waals surface area contributed by atoms with Gasteiger partial charge in [-0.2, -0.15) is 0 Å². The SMILES string of the molecule is O=C1OC2(c3ccc(O)cc3Oc3cc(OCc4cn(CCCCCCO[C@@H]5O[C@H](CO)[C@H](O)[C@H](O)[C@H]5O)nn4)ccc32)c2ccccc21. The molecule has 1 saturated heterocycles. The van der Waals surface area contributed by atoms with Crippen LogP contribution in [0, 0.1) is 0 Å². The summed E-state index contributed by atoms with van der Waals surface area (Å²) in [7, 11) is 0. The molecular formula is C35H37N3O11. The van der Waals surface area contributed by atoms with Gasteiger partial charge in [-0.05, 0) is 43.2 Å². The maximum atomic E-state index is 13.0. The van der Waals surface area contributed by atoms with E-state index in [1.54, 1.807) is 41.1 Å². The second-order valence-electron chi connectivity index (χ2n) is 12.3. The summed E-state index contributed by atoms with van der Waals surface area (Å²) >= 11 is 0. The van der Waals surface area contributed by atoms with E-state index in [4.69, 9.17) is 23.7 Å². The number of carbonyl (C=O) groups excluding carboxylic acids is 1. The van der Waals surface area contributed by atoms with Gasteiger partial charge in [-0.3, -0.25) is 4.68 Å². The van der Waals surface area contributed by atoms with E-state index in [0.29, 0.717) is 58.2 Å². The summed E-state index contributed by atoms with van der Waals surface area (Å²) in [6, 6.07) is 17.3. The first-order valence-electron chi connectivity index (χ1n) is 16.2. The monoisotopic (exact) mass is 675 g/mol. The Bertz CT molecular complexity index is 1810. The maximum absolute atomic E-state index is 13.0. The minimum atomic E-state index is -1.46. The van der Waals surface area contributed by atoms with Crippen LogP contribution >= 0.6 is 0 Å². The van der Waals surface area contributed by atoms with Crippen LogP contribution in [0.3, 0.4) is 0 Å². The van der Waals surface area contributed by atoms with Gasteiger partial charge in [0.2, 0.25) is 0 Å². The van der Waals surface area contributed by atoms with Crippen LogP contribution < -0.4 is 9.47 Å². The Morgan fingerprint density at radius 3 is 2.49 bits per heavy atom. The molecule has 258 valence electrons. The van der Waals surface area contributed by atoms with Crippen molar-refractivity contribution in [3.05, 3.63) is 94.8 Å². The first kappa shape index (κ1) is 33.0. The molecule has 4 aromatic rings. The Hall–Kier alpha value is -4.57. The fourth-order valence-corrected chi connectivity index (χ4v) is 6.54. The van der Waals surface area contributed by atoms with E-state index in [-0.39, 0.29) is 19.0 Å². The molecule has 49 heavy (non-hydrogen) atoms. The van der Waals surface area contributed by atoms with Crippen LogP contribution in [0.15, 0.2) is 66.9 Å². The Balaban J connectivity index is 0.917. The first-order valence-corrected chi connectivity index (χ1v) is 16.2. The summed E-state index contributed by atoms with van der Waals surface area (Å²) in [4.78, 5) is 13.0. The van der Waals surface area contributed by atoms with Crippen molar-refractivity contribution < 1.29 is 54.0 Å². The first-order chi connectivity index (χ1) is 23.8. The number of phenolic OH excluding ortho intramolecular Hbond substituents is 1. The number of aliphatic hydroxyl groups excluding tert-OH is 4. The predicted molar refractivity (Wildman–Crippen MR) is 169 cm³/mol. The highest BCUT2D eigenvalue weighted by Crippen LogP contribution is 2.57. The zero-order valence-electron chi connectivity index (χ0n) is 26.4. The summed E-state index contributed by atoms with van der Waals surface area (Å²) in [5.41, 5.74) is 1.83. The minimum absolute atomic E-state index is 0.0197. The lowest BCUT2D eigenvalue weighted by Gasteiger charge is -2.39. The average molecular weight is 676 g/mol. The van der Waals surface area contributed by atoms with Crippen LogP contribution in [0.25, 0.3) is 0 Å². The molecule has 0 saturated carbocycles. The molecule has 1 aromatic heterocycles. The van der Waals surface area contributed by atoms with Crippen LogP contribution in [-0.4, -0.2) is 90.4 Å². The molecule has 3 aliphatic heterocycles. The zero-order valence-corrected chi connectivity index (χ0v) is 26.4. The molecule has 0 radical (unpaired) electrons. The number of aryl methyl sites for hydroxylation is 1. The number of nitrogens with zero attached hydrogens (tertiary/aromatic N) is 3. The minimum Gasteiger partial charge on any atom is -0.508 e. The van der Waals surface area contributed by atoms with Crippen molar-refractivity contribution in [1.29, 1.82) is 0 Å². The second kappa shape index (κ2) is 13.7. The number of aromatic nitrogens is 3. The van der Waals surface area contributed by atoms with E-state index in [1.807, 2.05) is 24.4 Å². The molecule has 0 bridgehead atoms. The van der Waals surface area contributed by atoms with Gasteiger partial charge >= 0.3 is 5.97 Å². The van der Waals surface area contributed by atoms with E-state index in [0.717, 1.165) is 19.3 Å². The standard InChI is InChI=1S/C35H37N3O11/c39-18-29-30(41)31(42)32(43)34(48-29)45-14-6-2-1-5-13-38-17-20(36-37-38)19-46-22-10-12-26-28(16-22)47-27-15-21(40)9-11-25(27)35(26)24-8-4-3-7-23(24)33(44)49-35/h3-4,7-12,15-17,29-32,34,39-43H,1-2,5-6,13-14,18-19H2/t29-,30+,31+,32-,34-,35?/m1/s1.